The maximum atomic E-state index is 14.1. The number of carbonyl (C=O) groups is 1. The van der Waals surface area contributed by atoms with Crippen molar-refractivity contribution >= 4 is 5.91 Å². The van der Waals surface area contributed by atoms with Crippen LogP contribution in [-0.2, 0) is 4.74 Å². The Morgan fingerprint density at radius 2 is 2.07 bits per heavy atom. The highest BCUT2D eigenvalue weighted by Crippen LogP contribution is 2.28. The SMILES string of the molecule is COC[C@@H](NC(=O)c1cnoc1-c1ccccn1)c1ccc(OC(F)(F)F)c(F)c1. The van der Waals surface area contributed by atoms with Crippen molar-refractivity contribution in [2.24, 2.45) is 0 Å². The summed E-state index contributed by atoms with van der Waals surface area (Å²) in [5.74, 6) is -2.70. The van der Waals surface area contributed by atoms with Crippen LogP contribution >= 0.6 is 0 Å². The normalized spacial score (nSPS) is 12.4. The molecule has 0 radical (unpaired) electrons. The summed E-state index contributed by atoms with van der Waals surface area (Å²) in [6.45, 7) is -0.0745. The van der Waals surface area contributed by atoms with E-state index in [0.717, 1.165) is 12.1 Å². The number of aromatic nitrogens is 2. The fourth-order valence-corrected chi connectivity index (χ4v) is 2.65. The maximum Gasteiger partial charge on any atom is 0.573 e. The molecule has 0 unspecified atom stereocenters. The first-order chi connectivity index (χ1) is 14.3. The first kappa shape index (κ1) is 21.2. The highest BCUT2D eigenvalue weighted by atomic mass is 19.4. The minimum Gasteiger partial charge on any atom is -0.403 e. The fourth-order valence-electron chi connectivity index (χ4n) is 2.65. The number of halogens is 4. The van der Waals surface area contributed by atoms with E-state index in [4.69, 9.17) is 9.26 Å². The third kappa shape index (κ3) is 5.11. The zero-order valence-electron chi connectivity index (χ0n) is 15.4. The number of rotatable bonds is 7. The Morgan fingerprint density at radius 3 is 2.70 bits per heavy atom. The summed E-state index contributed by atoms with van der Waals surface area (Å²) in [4.78, 5) is 16.8. The number of carbonyl (C=O) groups excluding carboxylic acids is 1. The van der Waals surface area contributed by atoms with E-state index in [9.17, 15) is 22.4 Å². The number of alkyl halides is 3. The summed E-state index contributed by atoms with van der Waals surface area (Å²) in [6, 6.07) is 7.00. The van der Waals surface area contributed by atoms with Crippen LogP contribution in [0.2, 0.25) is 0 Å². The van der Waals surface area contributed by atoms with Gasteiger partial charge in [-0.2, -0.15) is 0 Å². The summed E-state index contributed by atoms with van der Waals surface area (Å²) >= 11 is 0. The number of methoxy groups -OCH3 is 1. The number of pyridine rings is 1. The van der Waals surface area contributed by atoms with Gasteiger partial charge in [-0.05, 0) is 29.8 Å². The summed E-state index contributed by atoms with van der Waals surface area (Å²) in [6.07, 6.45) is -2.32. The quantitative estimate of drug-likeness (QED) is 0.578. The summed E-state index contributed by atoms with van der Waals surface area (Å²) < 4.78 is 64.8. The van der Waals surface area contributed by atoms with Crippen molar-refractivity contribution in [3.05, 3.63) is 65.7 Å². The van der Waals surface area contributed by atoms with Crippen molar-refractivity contribution in [1.29, 1.82) is 0 Å². The van der Waals surface area contributed by atoms with Gasteiger partial charge in [0.05, 0.1) is 18.8 Å². The monoisotopic (exact) mass is 425 g/mol. The molecule has 1 aromatic carbocycles. The lowest BCUT2D eigenvalue weighted by Gasteiger charge is -2.19. The van der Waals surface area contributed by atoms with E-state index in [1.54, 1.807) is 18.2 Å². The van der Waals surface area contributed by atoms with E-state index < -0.39 is 29.9 Å². The van der Waals surface area contributed by atoms with E-state index in [2.05, 4.69) is 20.2 Å². The molecule has 30 heavy (non-hydrogen) atoms. The number of amides is 1. The molecular formula is C19H15F4N3O4. The van der Waals surface area contributed by atoms with Crippen LogP contribution in [0.5, 0.6) is 5.75 Å². The molecule has 0 fully saturated rings. The highest BCUT2D eigenvalue weighted by Gasteiger charge is 2.32. The molecule has 0 saturated carbocycles. The van der Waals surface area contributed by atoms with Crippen LogP contribution in [-0.4, -0.2) is 36.1 Å². The molecule has 11 heteroatoms. The van der Waals surface area contributed by atoms with Crippen molar-refractivity contribution in [3.63, 3.8) is 0 Å². The number of hydrogen-bond acceptors (Lipinski definition) is 6. The number of ether oxygens (including phenoxy) is 2. The Balaban J connectivity index is 1.82. The first-order valence-electron chi connectivity index (χ1n) is 8.49. The van der Waals surface area contributed by atoms with E-state index >= 15 is 0 Å². The zero-order valence-corrected chi connectivity index (χ0v) is 15.4. The summed E-state index contributed by atoms with van der Waals surface area (Å²) in [5.41, 5.74) is 0.628. The number of nitrogens with zero attached hydrogens (tertiary/aromatic N) is 2. The lowest BCUT2D eigenvalue weighted by Crippen LogP contribution is -2.31. The Morgan fingerprint density at radius 1 is 1.27 bits per heavy atom. The van der Waals surface area contributed by atoms with Crippen molar-refractivity contribution in [2.75, 3.05) is 13.7 Å². The number of hydrogen-bond donors (Lipinski definition) is 1. The lowest BCUT2D eigenvalue weighted by atomic mass is 10.1. The minimum atomic E-state index is -5.03. The van der Waals surface area contributed by atoms with E-state index in [0.29, 0.717) is 5.69 Å². The van der Waals surface area contributed by atoms with Gasteiger partial charge in [-0.15, -0.1) is 13.2 Å². The van der Waals surface area contributed by atoms with Crippen LogP contribution in [0.1, 0.15) is 22.0 Å². The molecule has 1 N–H and O–H groups in total. The largest absolute Gasteiger partial charge is 0.573 e. The minimum absolute atomic E-state index is 0.0745. The van der Waals surface area contributed by atoms with E-state index in [-0.39, 0.29) is 23.5 Å². The molecule has 0 saturated heterocycles. The summed E-state index contributed by atoms with van der Waals surface area (Å²) in [5, 5.41) is 6.24. The summed E-state index contributed by atoms with van der Waals surface area (Å²) in [7, 11) is 1.36. The highest BCUT2D eigenvalue weighted by molar-refractivity contribution is 5.99. The van der Waals surface area contributed by atoms with Gasteiger partial charge >= 0.3 is 6.36 Å². The smallest absolute Gasteiger partial charge is 0.403 e. The van der Waals surface area contributed by atoms with Crippen molar-refractivity contribution in [2.45, 2.75) is 12.4 Å². The predicted molar refractivity (Wildman–Crippen MR) is 94.9 cm³/mol. The molecule has 1 amide bonds. The topological polar surface area (TPSA) is 86.5 Å². The second kappa shape index (κ2) is 8.91. The van der Waals surface area contributed by atoms with Gasteiger partial charge in [-0.25, -0.2) is 4.39 Å². The fraction of sp³-hybridized carbons (Fsp3) is 0.211. The van der Waals surface area contributed by atoms with Gasteiger partial charge in [-0.3, -0.25) is 9.78 Å². The molecule has 0 spiro atoms. The molecule has 0 aliphatic heterocycles. The molecule has 2 aromatic heterocycles. The second-order valence-corrected chi connectivity index (χ2v) is 6.00. The van der Waals surface area contributed by atoms with Gasteiger partial charge in [0.15, 0.2) is 17.3 Å². The van der Waals surface area contributed by atoms with Gasteiger partial charge in [0.25, 0.3) is 5.91 Å². The maximum absolute atomic E-state index is 14.1. The van der Waals surface area contributed by atoms with Crippen molar-refractivity contribution in [3.8, 4) is 17.2 Å². The van der Waals surface area contributed by atoms with Gasteiger partial charge in [-0.1, -0.05) is 17.3 Å². The average molecular weight is 425 g/mol. The molecule has 158 valence electrons. The van der Waals surface area contributed by atoms with Crippen LogP contribution in [0.4, 0.5) is 17.6 Å². The molecule has 1 atom stereocenters. The molecular weight excluding hydrogens is 410 g/mol. The number of benzene rings is 1. The zero-order chi connectivity index (χ0) is 21.7. The molecule has 0 aliphatic rings. The van der Waals surface area contributed by atoms with Gasteiger partial charge in [0.2, 0.25) is 0 Å². The Hall–Kier alpha value is -3.47. The lowest BCUT2D eigenvalue weighted by molar-refractivity contribution is -0.275. The van der Waals surface area contributed by atoms with Crippen LogP contribution in [0, 0.1) is 5.82 Å². The Kier molecular flexibility index (Phi) is 6.31. The van der Waals surface area contributed by atoms with Crippen LogP contribution in [0.15, 0.2) is 53.3 Å². The molecule has 7 nitrogen and oxygen atoms in total. The van der Waals surface area contributed by atoms with Crippen molar-refractivity contribution in [1.82, 2.24) is 15.5 Å². The molecule has 3 aromatic rings. The predicted octanol–water partition coefficient (Wildman–Crippen LogP) is 3.89. The molecule has 0 bridgehead atoms. The average Bonchev–Trinajstić information content (AvgIpc) is 3.19. The molecule has 3 rings (SSSR count). The Labute approximate surface area is 167 Å². The van der Waals surface area contributed by atoms with Gasteiger partial charge in [0.1, 0.15) is 11.3 Å². The molecule has 0 aliphatic carbocycles. The molecule has 2 heterocycles. The van der Waals surface area contributed by atoms with Crippen LogP contribution in [0.25, 0.3) is 11.5 Å². The van der Waals surface area contributed by atoms with Crippen molar-refractivity contribution < 1.29 is 36.4 Å². The third-order valence-corrected chi connectivity index (χ3v) is 3.94. The van der Waals surface area contributed by atoms with E-state index in [1.807, 2.05) is 0 Å². The van der Waals surface area contributed by atoms with Gasteiger partial charge in [0, 0.05) is 13.3 Å². The number of nitrogens with one attached hydrogen (secondary N) is 1. The third-order valence-electron chi connectivity index (χ3n) is 3.94. The van der Waals surface area contributed by atoms with Crippen LogP contribution in [0.3, 0.4) is 0 Å². The first-order valence-corrected chi connectivity index (χ1v) is 8.49. The standard InChI is InChI=1S/C19H15F4N3O4/c1-28-10-15(11-5-6-16(13(20)8-11)29-19(21,22)23)26-18(27)12-9-25-30-17(12)14-4-2-3-7-24-14/h2-9,15H,10H2,1H3,(H,26,27)/t15-/m1/s1. The van der Waals surface area contributed by atoms with Gasteiger partial charge < -0.3 is 19.3 Å². The van der Waals surface area contributed by atoms with Crippen LogP contribution < -0.4 is 10.1 Å². The van der Waals surface area contributed by atoms with E-state index in [1.165, 1.54) is 25.6 Å². The Bertz CT molecular complexity index is 1010. The second-order valence-electron chi connectivity index (χ2n) is 6.00.